The molecule has 0 saturated heterocycles. The van der Waals surface area contributed by atoms with E-state index < -0.39 is 6.10 Å². The Morgan fingerprint density at radius 2 is 1.74 bits per heavy atom. The van der Waals surface area contributed by atoms with Gasteiger partial charge in [0.1, 0.15) is 0 Å². The first-order valence-corrected chi connectivity index (χ1v) is 7.58. The number of hydrogen-bond donors (Lipinski definition) is 1. The highest BCUT2D eigenvalue weighted by Gasteiger charge is 2.18. The zero-order valence-corrected chi connectivity index (χ0v) is 13.1. The van der Waals surface area contributed by atoms with E-state index >= 15 is 0 Å². The highest BCUT2D eigenvalue weighted by Crippen LogP contribution is 2.33. The molecule has 2 aromatic rings. The van der Waals surface area contributed by atoms with Crippen molar-refractivity contribution in [3.8, 4) is 0 Å². The SMILES string of the molecule is CC(C)(C)c1ccc(C(O)Cc2ccc(Cl)cc2)s1. The Bertz CT molecular complexity index is 537. The van der Waals surface area contributed by atoms with Gasteiger partial charge in [0.25, 0.3) is 0 Å². The molecule has 1 heterocycles. The second-order valence-electron chi connectivity index (χ2n) is 5.80. The molecule has 1 nitrogen and oxygen atoms in total. The van der Waals surface area contributed by atoms with Gasteiger partial charge in [0.2, 0.25) is 0 Å². The summed E-state index contributed by atoms with van der Waals surface area (Å²) in [6.07, 6.45) is 0.184. The lowest BCUT2D eigenvalue weighted by molar-refractivity contribution is 0.182. The second-order valence-corrected chi connectivity index (χ2v) is 7.35. The number of halogens is 1. The molecule has 1 N–H and O–H groups in total. The molecule has 3 heteroatoms. The molecule has 0 aliphatic rings. The second kappa shape index (κ2) is 5.66. The number of aliphatic hydroxyl groups is 1. The lowest BCUT2D eigenvalue weighted by atomic mass is 9.95. The maximum absolute atomic E-state index is 10.3. The Morgan fingerprint density at radius 1 is 1.11 bits per heavy atom. The highest BCUT2D eigenvalue weighted by atomic mass is 35.5. The molecule has 1 aromatic heterocycles. The lowest BCUT2D eigenvalue weighted by Crippen LogP contribution is -2.07. The van der Waals surface area contributed by atoms with Crippen LogP contribution >= 0.6 is 22.9 Å². The van der Waals surface area contributed by atoms with Crippen LogP contribution in [-0.4, -0.2) is 5.11 Å². The molecule has 0 saturated carbocycles. The molecular weight excluding hydrogens is 276 g/mol. The molecule has 0 radical (unpaired) electrons. The topological polar surface area (TPSA) is 20.2 Å². The molecule has 0 fully saturated rings. The van der Waals surface area contributed by atoms with E-state index in [2.05, 4.69) is 26.8 Å². The van der Waals surface area contributed by atoms with Crippen molar-refractivity contribution in [2.75, 3.05) is 0 Å². The molecule has 19 heavy (non-hydrogen) atoms. The van der Waals surface area contributed by atoms with Crippen molar-refractivity contribution in [3.63, 3.8) is 0 Å². The summed E-state index contributed by atoms with van der Waals surface area (Å²) in [4.78, 5) is 2.33. The highest BCUT2D eigenvalue weighted by molar-refractivity contribution is 7.12. The summed E-state index contributed by atoms with van der Waals surface area (Å²) in [5.41, 5.74) is 1.24. The maximum atomic E-state index is 10.3. The summed E-state index contributed by atoms with van der Waals surface area (Å²) in [6.45, 7) is 6.57. The Morgan fingerprint density at radius 3 is 2.26 bits per heavy atom. The number of thiophene rings is 1. The van der Waals surface area contributed by atoms with Crippen molar-refractivity contribution in [1.29, 1.82) is 0 Å². The molecule has 0 spiro atoms. The maximum Gasteiger partial charge on any atom is 0.0922 e. The zero-order valence-electron chi connectivity index (χ0n) is 11.5. The van der Waals surface area contributed by atoms with Crippen LogP contribution in [0.3, 0.4) is 0 Å². The Balaban J connectivity index is 2.09. The van der Waals surface area contributed by atoms with Gasteiger partial charge in [-0.25, -0.2) is 0 Å². The van der Waals surface area contributed by atoms with Crippen molar-refractivity contribution < 1.29 is 5.11 Å². The molecule has 1 unspecified atom stereocenters. The summed E-state index contributed by atoms with van der Waals surface area (Å²) in [5, 5.41) is 11.0. The number of benzene rings is 1. The van der Waals surface area contributed by atoms with Crippen LogP contribution in [0.5, 0.6) is 0 Å². The molecule has 102 valence electrons. The van der Waals surface area contributed by atoms with Gasteiger partial charge in [-0.15, -0.1) is 11.3 Å². The van der Waals surface area contributed by atoms with Crippen molar-refractivity contribution >= 4 is 22.9 Å². The third-order valence-corrected chi connectivity index (χ3v) is 4.90. The van der Waals surface area contributed by atoms with Gasteiger partial charge in [-0.1, -0.05) is 44.5 Å². The third-order valence-electron chi connectivity index (χ3n) is 3.04. The average molecular weight is 295 g/mol. The van der Waals surface area contributed by atoms with E-state index in [1.165, 1.54) is 4.88 Å². The van der Waals surface area contributed by atoms with Gasteiger partial charge >= 0.3 is 0 Å². The van der Waals surface area contributed by atoms with Gasteiger partial charge in [-0.2, -0.15) is 0 Å². The van der Waals surface area contributed by atoms with E-state index in [0.717, 1.165) is 15.5 Å². The van der Waals surface area contributed by atoms with Crippen LogP contribution in [0.1, 0.15) is 42.2 Å². The molecule has 0 aliphatic carbocycles. The van der Waals surface area contributed by atoms with Crippen LogP contribution < -0.4 is 0 Å². The van der Waals surface area contributed by atoms with Gasteiger partial charge in [0.05, 0.1) is 6.10 Å². The summed E-state index contributed by atoms with van der Waals surface area (Å²) in [7, 11) is 0. The molecule has 1 aromatic carbocycles. The van der Waals surface area contributed by atoms with Crippen LogP contribution in [0.2, 0.25) is 5.02 Å². The third kappa shape index (κ3) is 3.82. The Labute approximate surface area is 123 Å². The van der Waals surface area contributed by atoms with Crippen LogP contribution in [0.4, 0.5) is 0 Å². The van der Waals surface area contributed by atoms with E-state index in [1.54, 1.807) is 11.3 Å². The largest absolute Gasteiger partial charge is 0.387 e. The van der Waals surface area contributed by atoms with E-state index in [0.29, 0.717) is 6.42 Å². The Kier molecular flexibility index (Phi) is 4.34. The van der Waals surface area contributed by atoms with Crippen molar-refractivity contribution in [2.24, 2.45) is 0 Å². The smallest absolute Gasteiger partial charge is 0.0922 e. The minimum atomic E-state index is -0.442. The van der Waals surface area contributed by atoms with Crippen LogP contribution in [0, 0.1) is 0 Å². The minimum Gasteiger partial charge on any atom is -0.387 e. The summed E-state index contributed by atoms with van der Waals surface area (Å²) in [6, 6.07) is 11.8. The zero-order chi connectivity index (χ0) is 14.0. The number of hydrogen-bond acceptors (Lipinski definition) is 2. The monoisotopic (exact) mass is 294 g/mol. The van der Waals surface area contributed by atoms with Crippen molar-refractivity contribution in [2.45, 2.75) is 38.7 Å². The first-order chi connectivity index (χ1) is 8.86. The Hall–Kier alpha value is -0.830. The van der Waals surface area contributed by atoms with Gasteiger partial charge in [-0.05, 0) is 35.2 Å². The quantitative estimate of drug-likeness (QED) is 0.847. The molecule has 1 atom stereocenters. The normalized spacial score (nSPS) is 13.5. The van der Waals surface area contributed by atoms with Crippen molar-refractivity contribution in [3.05, 3.63) is 56.7 Å². The predicted octanol–water partition coefficient (Wildman–Crippen LogP) is 4.98. The molecule has 0 amide bonds. The van der Waals surface area contributed by atoms with Crippen LogP contribution in [0.15, 0.2) is 36.4 Å². The van der Waals surface area contributed by atoms with Crippen molar-refractivity contribution in [1.82, 2.24) is 0 Å². The summed E-state index contributed by atoms with van der Waals surface area (Å²) >= 11 is 7.55. The van der Waals surface area contributed by atoms with Crippen LogP contribution in [0.25, 0.3) is 0 Å². The van der Waals surface area contributed by atoms with Gasteiger partial charge < -0.3 is 5.11 Å². The van der Waals surface area contributed by atoms with E-state index in [-0.39, 0.29) is 5.41 Å². The van der Waals surface area contributed by atoms with Gasteiger partial charge in [0, 0.05) is 21.2 Å². The molecule has 0 bridgehead atoms. The van der Waals surface area contributed by atoms with E-state index in [9.17, 15) is 5.11 Å². The van der Waals surface area contributed by atoms with E-state index in [1.807, 2.05) is 30.3 Å². The van der Waals surface area contributed by atoms with Gasteiger partial charge in [-0.3, -0.25) is 0 Å². The fourth-order valence-corrected chi connectivity index (χ4v) is 3.06. The average Bonchev–Trinajstić information content (AvgIpc) is 2.81. The van der Waals surface area contributed by atoms with Crippen LogP contribution in [-0.2, 0) is 11.8 Å². The lowest BCUT2D eigenvalue weighted by Gasteiger charge is -2.15. The first-order valence-electron chi connectivity index (χ1n) is 6.39. The van der Waals surface area contributed by atoms with Gasteiger partial charge in [0.15, 0.2) is 0 Å². The fourth-order valence-electron chi connectivity index (χ4n) is 1.88. The summed E-state index contributed by atoms with van der Waals surface area (Å²) < 4.78 is 0. The fraction of sp³-hybridized carbons (Fsp3) is 0.375. The molecular formula is C16H19ClOS. The predicted molar refractivity (Wildman–Crippen MR) is 83.1 cm³/mol. The standard InChI is InChI=1S/C16H19ClOS/c1-16(2,3)15-9-8-14(19-15)13(18)10-11-4-6-12(17)7-5-11/h4-9,13,18H,10H2,1-3H3. The minimum absolute atomic E-state index is 0.142. The van der Waals surface area contributed by atoms with E-state index in [4.69, 9.17) is 11.6 Å². The first kappa shape index (κ1) is 14.6. The number of rotatable bonds is 3. The summed E-state index contributed by atoms with van der Waals surface area (Å²) in [5.74, 6) is 0. The number of aliphatic hydroxyl groups excluding tert-OH is 1. The molecule has 2 rings (SSSR count). The molecule has 0 aliphatic heterocycles.